The zero-order valence-electron chi connectivity index (χ0n) is 11.9. The van der Waals surface area contributed by atoms with Gasteiger partial charge in [-0.1, -0.05) is 0 Å². The number of nitrogens with one attached hydrogen (secondary N) is 1. The standard InChI is InChI=1S/C12H22N4O2/c1-8(16-10(3)14-9(2)15-16)7-12(4,13-5)11(17)18-6/h8,13H,7H2,1-6H3. The summed E-state index contributed by atoms with van der Waals surface area (Å²) in [4.78, 5) is 16.1. The first kappa shape index (κ1) is 14.6. The Balaban J connectivity index is 2.89. The molecule has 1 aromatic heterocycles. The van der Waals surface area contributed by atoms with Crippen molar-refractivity contribution in [1.29, 1.82) is 0 Å². The molecule has 1 aromatic rings. The van der Waals surface area contributed by atoms with Gasteiger partial charge in [0.2, 0.25) is 0 Å². The van der Waals surface area contributed by atoms with Crippen LogP contribution in [0.1, 0.15) is 38.0 Å². The molecule has 0 saturated heterocycles. The molecule has 2 atom stereocenters. The normalized spacial score (nSPS) is 16.1. The van der Waals surface area contributed by atoms with Crippen molar-refractivity contribution in [3.8, 4) is 0 Å². The molecule has 18 heavy (non-hydrogen) atoms. The first-order valence-corrected chi connectivity index (χ1v) is 6.01. The van der Waals surface area contributed by atoms with Crippen LogP contribution in [0.2, 0.25) is 0 Å². The summed E-state index contributed by atoms with van der Waals surface area (Å²) in [6.45, 7) is 7.60. The van der Waals surface area contributed by atoms with Crippen molar-refractivity contribution < 1.29 is 9.53 Å². The smallest absolute Gasteiger partial charge is 0.325 e. The topological polar surface area (TPSA) is 69.0 Å². The summed E-state index contributed by atoms with van der Waals surface area (Å²) in [6.07, 6.45) is 0.583. The van der Waals surface area contributed by atoms with Crippen molar-refractivity contribution in [2.75, 3.05) is 14.2 Å². The minimum absolute atomic E-state index is 0.0581. The lowest BCUT2D eigenvalue weighted by atomic mass is 9.94. The summed E-state index contributed by atoms with van der Waals surface area (Å²) < 4.78 is 6.67. The van der Waals surface area contributed by atoms with Crippen LogP contribution in [-0.4, -0.2) is 40.4 Å². The maximum atomic E-state index is 11.8. The van der Waals surface area contributed by atoms with Gasteiger partial charge in [0.05, 0.1) is 13.2 Å². The molecular formula is C12H22N4O2. The SMILES string of the molecule is CNC(C)(CC(C)n1nc(C)nc1C)C(=O)OC. The summed E-state index contributed by atoms with van der Waals surface area (Å²) in [5, 5.41) is 7.36. The van der Waals surface area contributed by atoms with Gasteiger partial charge in [-0.15, -0.1) is 0 Å². The van der Waals surface area contributed by atoms with E-state index in [1.165, 1.54) is 7.11 Å². The van der Waals surface area contributed by atoms with Gasteiger partial charge < -0.3 is 10.1 Å². The summed E-state index contributed by atoms with van der Waals surface area (Å²) in [6, 6.07) is 0.0581. The second-order valence-electron chi connectivity index (χ2n) is 4.78. The van der Waals surface area contributed by atoms with E-state index in [0.29, 0.717) is 6.42 Å². The Morgan fingerprint density at radius 3 is 2.56 bits per heavy atom. The van der Waals surface area contributed by atoms with Crippen molar-refractivity contribution in [3.05, 3.63) is 11.6 Å². The largest absolute Gasteiger partial charge is 0.468 e. The van der Waals surface area contributed by atoms with Crippen molar-refractivity contribution in [1.82, 2.24) is 20.1 Å². The third-order valence-electron chi connectivity index (χ3n) is 3.22. The van der Waals surface area contributed by atoms with Gasteiger partial charge in [-0.05, 0) is 41.2 Å². The van der Waals surface area contributed by atoms with E-state index in [1.54, 1.807) is 7.05 Å². The maximum absolute atomic E-state index is 11.8. The molecule has 1 rings (SSSR count). The number of methoxy groups -OCH3 is 1. The Morgan fingerprint density at radius 1 is 1.56 bits per heavy atom. The van der Waals surface area contributed by atoms with E-state index >= 15 is 0 Å². The van der Waals surface area contributed by atoms with Crippen molar-refractivity contribution in [2.45, 2.75) is 45.7 Å². The highest BCUT2D eigenvalue weighted by Crippen LogP contribution is 2.22. The van der Waals surface area contributed by atoms with Gasteiger partial charge >= 0.3 is 5.97 Å². The Bertz CT molecular complexity index is 430. The van der Waals surface area contributed by atoms with E-state index in [1.807, 2.05) is 32.4 Å². The van der Waals surface area contributed by atoms with E-state index in [9.17, 15) is 4.79 Å². The first-order valence-electron chi connectivity index (χ1n) is 6.01. The van der Waals surface area contributed by atoms with E-state index in [-0.39, 0.29) is 12.0 Å². The molecule has 1 heterocycles. The molecule has 0 aromatic carbocycles. The number of carbonyl (C=O) groups is 1. The molecular weight excluding hydrogens is 232 g/mol. The zero-order chi connectivity index (χ0) is 13.9. The fourth-order valence-electron chi connectivity index (χ4n) is 2.14. The van der Waals surface area contributed by atoms with Gasteiger partial charge in [-0.2, -0.15) is 5.10 Å². The highest BCUT2D eigenvalue weighted by atomic mass is 16.5. The molecule has 0 fully saturated rings. The molecule has 2 unspecified atom stereocenters. The molecule has 0 saturated carbocycles. The molecule has 6 heteroatoms. The van der Waals surface area contributed by atoms with Crippen LogP contribution in [0.3, 0.4) is 0 Å². The number of esters is 1. The lowest BCUT2D eigenvalue weighted by Gasteiger charge is -2.29. The molecule has 0 aliphatic heterocycles. The van der Waals surface area contributed by atoms with Crippen LogP contribution in [0.25, 0.3) is 0 Å². The molecule has 0 bridgehead atoms. The summed E-state index contributed by atoms with van der Waals surface area (Å²) >= 11 is 0. The lowest BCUT2D eigenvalue weighted by molar-refractivity contribution is -0.148. The monoisotopic (exact) mass is 254 g/mol. The second kappa shape index (κ2) is 5.48. The Hall–Kier alpha value is -1.43. The molecule has 6 nitrogen and oxygen atoms in total. The van der Waals surface area contributed by atoms with Gasteiger partial charge in [-0.25, -0.2) is 9.67 Å². The van der Waals surface area contributed by atoms with E-state index < -0.39 is 5.54 Å². The third kappa shape index (κ3) is 2.87. The quantitative estimate of drug-likeness (QED) is 0.794. The van der Waals surface area contributed by atoms with Crippen LogP contribution in [-0.2, 0) is 9.53 Å². The van der Waals surface area contributed by atoms with Crippen LogP contribution in [0.4, 0.5) is 0 Å². The molecule has 1 N–H and O–H groups in total. The molecule has 0 amide bonds. The van der Waals surface area contributed by atoms with Gasteiger partial charge in [0.15, 0.2) is 0 Å². The summed E-state index contributed by atoms with van der Waals surface area (Å²) in [7, 11) is 3.15. The highest BCUT2D eigenvalue weighted by molar-refractivity contribution is 5.80. The second-order valence-corrected chi connectivity index (χ2v) is 4.78. The number of hydrogen-bond donors (Lipinski definition) is 1. The minimum Gasteiger partial charge on any atom is -0.468 e. The first-order chi connectivity index (χ1) is 8.34. The van der Waals surface area contributed by atoms with Crippen molar-refractivity contribution in [3.63, 3.8) is 0 Å². The number of aromatic nitrogens is 3. The number of carbonyl (C=O) groups excluding carboxylic acids is 1. The number of ether oxygens (including phenoxy) is 1. The highest BCUT2D eigenvalue weighted by Gasteiger charge is 2.35. The third-order valence-corrected chi connectivity index (χ3v) is 3.22. The average molecular weight is 254 g/mol. The number of nitrogens with zero attached hydrogens (tertiary/aromatic N) is 3. The fraction of sp³-hybridized carbons (Fsp3) is 0.750. The molecule has 0 spiro atoms. The van der Waals surface area contributed by atoms with Crippen LogP contribution >= 0.6 is 0 Å². The Morgan fingerprint density at radius 2 is 2.17 bits per heavy atom. The summed E-state index contributed by atoms with van der Waals surface area (Å²) in [5.74, 6) is 1.32. The minimum atomic E-state index is -0.722. The zero-order valence-corrected chi connectivity index (χ0v) is 11.9. The Kier molecular flexibility index (Phi) is 4.45. The fourth-order valence-corrected chi connectivity index (χ4v) is 2.14. The average Bonchev–Trinajstić information content (AvgIpc) is 2.67. The molecule has 0 aliphatic rings. The Labute approximate surface area is 108 Å². The van der Waals surface area contributed by atoms with Crippen molar-refractivity contribution in [2.24, 2.45) is 0 Å². The van der Waals surface area contributed by atoms with Crippen LogP contribution < -0.4 is 5.32 Å². The number of aryl methyl sites for hydroxylation is 2. The van der Waals surface area contributed by atoms with E-state index in [4.69, 9.17) is 4.74 Å². The van der Waals surface area contributed by atoms with Crippen LogP contribution in [0.15, 0.2) is 0 Å². The summed E-state index contributed by atoms with van der Waals surface area (Å²) in [5.41, 5.74) is -0.722. The van der Waals surface area contributed by atoms with Crippen LogP contribution in [0, 0.1) is 13.8 Å². The van der Waals surface area contributed by atoms with Gasteiger partial charge in [0, 0.05) is 0 Å². The molecule has 0 radical (unpaired) electrons. The number of rotatable bonds is 5. The maximum Gasteiger partial charge on any atom is 0.325 e. The van der Waals surface area contributed by atoms with Crippen molar-refractivity contribution >= 4 is 5.97 Å². The van der Waals surface area contributed by atoms with E-state index in [2.05, 4.69) is 15.4 Å². The predicted octanol–water partition coefficient (Wildman–Crippen LogP) is 0.997. The van der Waals surface area contributed by atoms with Gasteiger partial charge in [-0.3, -0.25) is 4.79 Å². The predicted molar refractivity (Wildman–Crippen MR) is 68.3 cm³/mol. The molecule has 102 valence electrons. The van der Waals surface area contributed by atoms with Crippen LogP contribution in [0.5, 0.6) is 0 Å². The lowest BCUT2D eigenvalue weighted by Crippen LogP contribution is -2.49. The number of likely N-dealkylation sites (N-methyl/N-ethyl adjacent to an activating group) is 1. The van der Waals surface area contributed by atoms with Gasteiger partial charge in [0.25, 0.3) is 0 Å². The molecule has 0 aliphatic carbocycles. The number of hydrogen-bond acceptors (Lipinski definition) is 5. The van der Waals surface area contributed by atoms with E-state index in [0.717, 1.165) is 11.6 Å². The van der Waals surface area contributed by atoms with Gasteiger partial charge in [0.1, 0.15) is 17.2 Å².